The highest BCUT2D eigenvalue weighted by Crippen LogP contribution is 2.48. The van der Waals surface area contributed by atoms with Crippen LogP contribution in [0.1, 0.15) is 49.5 Å². The number of methoxy groups -OCH3 is 4. The Bertz CT molecular complexity index is 1090. The van der Waals surface area contributed by atoms with Crippen molar-refractivity contribution in [3.63, 3.8) is 0 Å². The smallest absolute Gasteiger partial charge is 0.203 e. The Labute approximate surface area is 206 Å². The summed E-state index contributed by atoms with van der Waals surface area (Å²) in [5, 5.41) is 9.32. The fraction of sp³-hybridized carbons (Fsp3) is 0.520. The number of hydrogen-bond acceptors (Lipinski definition) is 9. The Balaban J connectivity index is 1.98. The van der Waals surface area contributed by atoms with E-state index in [1.165, 1.54) is 7.11 Å². The monoisotopic (exact) mass is 510 g/mol. The highest BCUT2D eigenvalue weighted by Gasteiger charge is 2.32. The van der Waals surface area contributed by atoms with Crippen LogP contribution in [0.3, 0.4) is 0 Å². The summed E-state index contributed by atoms with van der Waals surface area (Å²) in [5.41, 5.74) is 1.53. The first-order chi connectivity index (χ1) is 16.8. The fourth-order valence-corrected chi connectivity index (χ4v) is 5.37. The maximum Gasteiger partial charge on any atom is 0.203 e. The van der Waals surface area contributed by atoms with Crippen LogP contribution in [0.2, 0.25) is 0 Å². The SMILES string of the molecule is CCCOc1c(OC)cc(C2CCC(c3cc(OC)c(OC)c(OC)c3)O2)cc1S(=O)(=O)CCO. The van der Waals surface area contributed by atoms with Crippen molar-refractivity contribution in [1.29, 1.82) is 0 Å². The van der Waals surface area contributed by atoms with Crippen LogP contribution < -0.4 is 23.7 Å². The maximum atomic E-state index is 13.0. The van der Waals surface area contributed by atoms with Gasteiger partial charge in [-0.2, -0.15) is 0 Å². The Morgan fingerprint density at radius 3 is 1.83 bits per heavy atom. The quantitative estimate of drug-likeness (QED) is 0.455. The van der Waals surface area contributed by atoms with Gasteiger partial charge in [0.15, 0.2) is 32.8 Å². The molecule has 0 saturated carbocycles. The van der Waals surface area contributed by atoms with Crippen LogP contribution in [0.25, 0.3) is 0 Å². The summed E-state index contributed by atoms with van der Waals surface area (Å²) in [6.45, 7) is 1.77. The highest BCUT2D eigenvalue weighted by atomic mass is 32.2. The van der Waals surface area contributed by atoms with Gasteiger partial charge in [-0.3, -0.25) is 0 Å². The summed E-state index contributed by atoms with van der Waals surface area (Å²) in [7, 11) is 2.32. The van der Waals surface area contributed by atoms with E-state index in [2.05, 4.69) is 0 Å². The zero-order chi connectivity index (χ0) is 25.6. The molecule has 2 unspecified atom stereocenters. The van der Waals surface area contributed by atoms with Gasteiger partial charge in [-0.1, -0.05) is 6.92 Å². The van der Waals surface area contributed by atoms with E-state index in [1.54, 1.807) is 33.5 Å². The third-order valence-corrected chi connectivity index (χ3v) is 7.55. The standard InChI is InChI=1S/C25H34O9S/c1-6-10-33-25-22(31-4)14-17(15-23(25)35(27,28)11-9-26)19-8-7-18(34-19)16-12-20(29-2)24(32-5)21(13-16)30-3/h12-15,18-19,26H,6-11H2,1-5H3. The van der Waals surface area contributed by atoms with Gasteiger partial charge in [-0.15, -0.1) is 0 Å². The van der Waals surface area contributed by atoms with Crippen molar-refractivity contribution in [2.24, 2.45) is 0 Å². The molecule has 2 aromatic rings. The first-order valence-corrected chi connectivity index (χ1v) is 13.1. The molecular weight excluding hydrogens is 476 g/mol. The molecule has 0 aromatic heterocycles. The van der Waals surface area contributed by atoms with Crippen LogP contribution in [0.5, 0.6) is 28.7 Å². The molecule has 1 aliphatic rings. The third kappa shape index (κ3) is 5.76. The number of aliphatic hydroxyl groups is 1. The van der Waals surface area contributed by atoms with Crippen molar-refractivity contribution in [1.82, 2.24) is 0 Å². The predicted molar refractivity (Wildman–Crippen MR) is 130 cm³/mol. The van der Waals surface area contributed by atoms with E-state index in [0.717, 1.165) is 5.56 Å². The van der Waals surface area contributed by atoms with Gasteiger partial charge in [0.05, 0.1) is 59.6 Å². The Morgan fingerprint density at radius 1 is 0.857 bits per heavy atom. The molecule has 2 aromatic carbocycles. The molecule has 3 rings (SSSR count). The first kappa shape index (κ1) is 26.9. The van der Waals surface area contributed by atoms with Crippen LogP contribution in [-0.2, 0) is 14.6 Å². The maximum absolute atomic E-state index is 13.0. The lowest BCUT2D eigenvalue weighted by atomic mass is 10.0. The van der Waals surface area contributed by atoms with Crippen molar-refractivity contribution in [2.75, 3.05) is 47.4 Å². The minimum atomic E-state index is -3.80. The van der Waals surface area contributed by atoms with Gasteiger partial charge in [0.2, 0.25) is 5.75 Å². The molecule has 2 atom stereocenters. The van der Waals surface area contributed by atoms with E-state index in [9.17, 15) is 13.5 Å². The van der Waals surface area contributed by atoms with E-state index in [0.29, 0.717) is 54.4 Å². The first-order valence-electron chi connectivity index (χ1n) is 11.5. The number of ether oxygens (including phenoxy) is 6. The molecule has 10 heteroatoms. The molecule has 0 bridgehead atoms. The van der Waals surface area contributed by atoms with Crippen LogP contribution in [0.4, 0.5) is 0 Å². The summed E-state index contributed by atoms with van der Waals surface area (Å²) in [6, 6.07) is 7.04. The van der Waals surface area contributed by atoms with Gasteiger partial charge in [-0.25, -0.2) is 8.42 Å². The summed E-state index contributed by atoms with van der Waals surface area (Å²) in [4.78, 5) is -0.00538. The third-order valence-electron chi connectivity index (χ3n) is 5.86. The van der Waals surface area contributed by atoms with E-state index >= 15 is 0 Å². The summed E-state index contributed by atoms with van der Waals surface area (Å²) in [6.07, 6.45) is 1.45. The normalized spacial score (nSPS) is 17.8. The second-order valence-electron chi connectivity index (χ2n) is 8.09. The lowest BCUT2D eigenvalue weighted by Gasteiger charge is -2.20. The minimum absolute atomic E-state index is 0.00538. The van der Waals surface area contributed by atoms with Gasteiger partial charge in [0.25, 0.3) is 0 Å². The molecule has 0 radical (unpaired) electrons. The van der Waals surface area contributed by atoms with Crippen molar-refractivity contribution in [3.8, 4) is 28.7 Å². The summed E-state index contributed by atoms with van der Waals surface area (Å²) < 4.78 is 59.9. The number of sulfone groups is 1. The number of aliphatic hydroxyl groups excluding tert-OH is 1. The summed E-state index contributed by atoms with van der Waals surface area (Å²) in [5.74, 6) is 1.62. The lowest BCUT2D eigenvalue weighted by Crippen LogP contribution is -2.14. The van der Waals surface area contributed by atoms with Crippen LogP contribution in [0, 0.1) is 0 Å². The Kier molecular flexibility index (Phi) is 9.09. The largest absolute Gasteiger partial charge is 0.493 e. The van der Waals surface area contributed by atoms with Crippen LogP contribution >= 0.6 is 0 Å². The molecule has 9 nitrogen and oxygen atoms in total. The lowest BCUT2D eigenvalue weighted by molar-refractivity contribution is 0.0435. The molecule has 0 aliphatic carbocycles. The average Bonchev–Trinajstić information content (AvgIpc) is 3.36. The zero-order valence-electron chi connectivity index (χ0n) is 20.8. The number of rotatable bonds is 12. The molecule has 1 heterocycles. The minimum Gasteiger partial charge on any atom is -0.493 e. The zero-order valence-corrected chi connectivity index (χ0v) is 21.6. The van der Waals surface area contributed by atoms with Crippen LogP contribution in [0.15, 0.2) is 29.2 Å². The Morgan fingerprint density at radius 2 is 1.37 bits per heavy atom. The molecule has 1 fully saturated rings. The van der Waals surface area contributed by atoms with Crippen molar-refractivity contribution in [2.45, 2.75) is 43.3 Å². The second-order valence-corrected chi connectivity index (χ2v) is 10.2. The summed E-state index contributed by atoms with van der Waals surface area (Å²) >= 11 is 0. The van der Waals surface area contributed by atoms with Gasteiger partial charge < -0.3 is 33.5 Å². The number of hydrogen-bond donors (Lipinski definition) is 1. The van der Waals surface area contributed by atoms with Gasteiger partial charge in [-0.05, 0) is 54.7 Å². The van der Waals surface area contributed by atoms with Gasteiger partial charge >= 0.3 is 0 Å². The van der Waals surface area contributed by atoms with E-state index in [1.807, 2.05) is 19.1 Å². The Hall–Kier alpha value is -2.69. The predicted octanol–water partition coefficient (Wildman–Crippen LogP) is 3.87. The van der Waals surface area contributed by atoms with E-state index in [4.69, 9.17) is 28.4 Å². The molecule has 1 aliphatic heterocycles. The topological polar surface area (TPSA) is 110 Å². The van der Waals surface area contributed by atoms with E-state index < -0.39 is 22.2 Å². The molecule has 1 N–H and O–H groups in total. The number of benzene rings is 2. The molecule has 35 heavy (non-hydrogen) atoms. The average molecular weight is 511 g/mol. The molecule has 194 valence electrons. The van der Waals surface area contributed by atoms with Gasteiger partial charge in [0, 0.05) is 0 Å². The van der Waals surface area contributed by atoms with Crippen molar-refractivity contribution < 1.29 is 41.9 Å². The molecule has 0 spiro atoms. The molecular formula is C25H34O9S. The highest BCUT2D eigenvalue weighted by molar-refractivity contribution is 7.91. The molecule has 0 amide bonds. The van der Waals surface area contributed by atoms with Crippen molar-refractivity contribution in [3.05, 3.63) is 35.4 Å². The second kappa shape index (κ2) is 11.8. The van der Waals surface area contributed by atoms with Gasteiger partial charge in [0.1, 0.15) is 4.90 Å². The molecule has 1 saturated heterocycles. The van der Waals surface area contributed by atoms with E-state index in [-0.39, 0.29) is 22.9 Å². The van der Waals surface area contributed by atoms with Crippen molar-refractivity contribution >= 4 is 9.84 Å². The van der Waals surface area contributed by atoms with Crippen LogP contribution in [-0.4, -0.2) is 60.9 Å². The fourth-order valence-electron chi connectivity index (χ4n) is 4.16.